The average Bonchev–Trinajstić information content (AvgIpc) is 4.02. The fourth-order valence-electron chi connectivity index (χ4n) is 7.81. The number of oxazole rings is 1. The van der Waals surface area contributed by atoms with Crippen molar-refractivity contribution in [2.45, 2.75) is 0 Å². The maximum atomic E-state index is 6.10. The summed E-state index contributed by atoms with van der Waals surface area (Å²) in [5.41, 5.74) is 8.20. The molecule has 0 unspecified atom stereocenters. The lowest BCUT2D eigenvalue weighted by Gasteiger charge is -2.26. The fraction of sp³-hybridized carbons (Fsp3) is 0. The Balaban J connectivity index is 0.956. The van der Waals surface area contributed by atoms with Gasteiger partial charge < -0.3 is 9.32 Å². The molecule has 0 saturated heterocycles. The van der Waals surface area contributed by atoms with Crippen LogP contribution in [0.3, 0.4) is 0 Å². The maximum absolute atomic E-state index is 6.10. The van der Waals surface area contributed by atoms with Gasteiger partial charge in [0.1, 0.15) is 10.5 Å². The van der Waals surface area contributed by atoms with E-state index in [1.165, 1.54) is 55.8 Å². The SMILES string of the molecule is c1ccc2cc(N(c3ccc(-c4nc5ccccc5s4)cc3)c3ccc4c(c3)sc3cc5c(cc34)sc3cc(-c4nc6ccccc6o4)ccc35)ccc2c1. The molecule has 258 valence electrons. The van der Waals surface area contributed by atoms with Gasteiger partial charge in [-0.3, -0.25) is 0 Å². The standard InChI is InChI=1S/C48H27N3OS3/c1-2-8-30-23-33(19-13-28(30)7-1)51(32-17-14-29(15-18-32)48-50-40-10-4-6-12-42(40)55-48)34-20-22-36-38-27-45-37(26-46(38)54-44(36)25-34)35-21-16-31(24-43(35)53-45)47-49-39-9-3-5-11-41(39)52-47/h1-27H. The van der Waals surface area contributed by atoms with E-state index in [1.807, 2.05) is 53.0 Å². The third-order valence-corrected chi connectivity index (χ3v) is 13.8. The number of benzene rings is 8. The third kappa shape index (κ3) is 5.08. The average molecular weight is 758 g/mol. The van der Waals surface area contributed by atoms with Crippen molar-refractivity contribution in [2.24, 2.45) is 0 Å². The molecule has 0 spiro atoms. The van der Waals surface area contributed by atoms with E-state index >= 15 is 0 Å². The number of rotatable bonds is 5. The van der Waals surface area contributed by atoms with Crippen LogP contribution in [0.25, 0.3) is 94.5 Å². The second kappa shape index (κ2) is 12.1. The summed E-state index contributed by atoms with van der Waals surface area (Å²) in [5, 5.41) is 8.60. The minimum absolute atomic E-state index is 0.658. The van der Waals surface area contributed by atoms with Crippen LogP contribution in [-0.2, 0) is 0 Å². The van der Waals surface area contributed by atoms with E-state index in [-0.39, 0.29) is 0 Å². The zero-order chi connectivity index (χ0) is 36.0. The van der Waals surface area contributed by atoms with Gasteiger partial charge in [-0.25, -0.2) is 9.97 Å². The smallest absolute Gasteiger partial charge is 0.227 e. The number of thiophene rings is 2. The van der Waals surface area contributed by atoms with Crippen LogP contribution < -0.4 is 4.90 Å². The zero-order valence-electron chi connectivity index (χ0n) is 29.1. The van der Waals surface area contributed by atoms with E-state index in [1.54, 1.807) is 11.3 Å². The summed E-state index contributed by atoms with van der Waals surface area (Å²) in [6.45, 7) is 0. The molecular formula is C48H27N3OS3. The highest BCUT2D eigenvalue weighted by molar-refractivity contribution is 7.27. The molecule has 12 rings (SSSR count). The Bertz CT molecular complexity index is 3400. The Kier molecular flexibility index (Phi) is 6.80. The van der Waals surface area contributed by atoms with E-state index in [4.69, 9.17) is 14.4 Å². The van der Waals surface area contributed by atoms with E-state index in [2.05, 4.69) is 138 Å². The first-order chi connectivity index (χ1) is 27.2. The molecule has 12 aromatic rings. The van der Waals surface area contributed by atoms with Crippen LogP contribution in [0.4, 0.5) is 17.1 Å². The molecule has 0 saturated carbocycles. The van der Waals surface area contributed by atoms with Crippen molar-refractivity contribution in [2.75, 3.05) is 4.90 Å². The number of hydrogen-bond acceptors (Lipinski definition) is 7. The highest BCUT2D eigenvalue weighted by atomic mass is 32.1. The van der Waals surface area contributed by atoms with Gasteiger partial charge in [0.15, 0.2) is 5.58 Å². The Morgan fingerprint density at radius 1 is 0.400 bits per heavy atom. The summed E-state index contributed by atoms with van der Waals surface area (Å²) in [7, 11) is 0. The van der Waals surface area contributed by atoms with Crippen molar-refractivity contribution in [3.8, 4) is 22.0 Å². The molecule has 0 N–H and O–H groups in total. The van der Waals surface area contributed by atoms with Gasteiger partial charge in [0, 0.05) is 68.5 Å². The molecule has 4 heterocycles. The van der Waals surface area contributed by atoms with E-state index in [9.17, 15) is 0 Å². The number of para-hydroxylation sites is 3. The Hall–Kier alpha value is -6.38. The van der Waals surface area contributed by atoms with E-state index in [0.717, 1.165) is 49.8 Å². The summed E-state index contributed by atoms with van der Waals surface area (Å²) >= 11 is 5.43. The van der Waals surface area contributed by atoms with Gasteiger partial charge in [-0.2, -0.15) is 0 Å². The van der Waals surface area contributed by atoms with Crippen LogP contribution in [0.1, 0.15) is 0 Å². The lowest BCUT2D eigenvalue weighted by atomic mass is 10.1. The second-order valence-corrected chi connectivity index (χ2v) is 17.0. The normalized spacial score (nSPS) is 12.0. The molecule has 0 fully saturated rings. The second-order valence-electron chi connectivity index (χ2n) is 13.8. The predicted octanol–water partition coefficient (Wildman–Crippen LogP) is 15.1. The largest absolute Gasteiger partial charge is 0.436 e. The molecule has 0 aliphatic rings. The summed E-state index contributed by atoms with van der Waals surface area (Å²) < 4.78 is 12.4. The van der Waals surface area contributed by atoms with Gasteiger partial charge >= 0.3 is 0 Å². The van der Waals surface area contributed by atoms with Crippen LogP contribution in [0, 0.1) is 0 Å². The topological polar surface area (TPSA) is 42.2 Å². The Morgan fingerprint density at radius 3 is 1.82 bits per heavy atom. The van der Waals surface area contributed by atoms with Gasteiger partial charge in [0.05, 0.1) is 10.2 Å². The van der Waals surface area contributed by atoms with Crippen LogP contribution >= 0.6 is 34.0 Å². The van der Waals surface area contributed by atoms with Crippen molar-refractivity contribution in [1.29, 1.82) is 0 Å². The van der Waals surface area contributed by atoms with Crippen LogP contribution in [0.15, 0.2) is 168 Å². The molecule has 4 aromatic heterocycles. The van der Waals surface area contributed by atoms with Gasteiger partial charge in [-0.1, -0.05) is 66.7 Å². The third-order valence-electron chi connectivity index (χ3n) is 10.5. The summed E-state index contributed by atoms with van der Waals surface area (Å²) in [6.07, 6.45) is 0. The van der Waals surface area contributed by atoms with Gasteiger partial charge in [-0.15, -0.1) is 34.0 Å². The summed E-state index contributed by atoms with van der Waals surface area (Å²) in [5.74, 6) is 0.658. The highest BCUT2D eigenvalue weighted by Gasteiger charge is 2.18. The molecule has 0 atom stereocenters. The van der Waals surface area contributed by atoms with Gasteiger partial charge in [0.25, 0.3) is 0 Å². The predicted molar refractivity (Wildman–Crippen MR) is 236 cm³/mol. The molecule has 0 bridgehead atoms. The monoisotopic (exact) mass is 757 g/mol. The van der Waals surface area contributed by atoms with E-state index < -0.39 is 0 Å². The summed E-state index contributed by atoms with van der Waals surface area (Å²) in [6, 6.07) is 58.7. The molecular weight excluding hydrogens is 731 g/mol. The van der Waals surface area contributed by atoms with Crippen molar-refractivity contribution in [1.82, 2.24) is 9.97 Å². The number of nitrogens with zero attached hydrogens (tertiary/aromatic N) is 3. The first-order valence-corrected chi connectivity index (χ1v) is 20.6. The number of anilines is 3. The van der Waals surface area contributed by atoms with Crippen molar-refractivity contribution in [3.63, 3.8) is 0 Å². The van der Waals surface area contributed by atoms with Crippen molar-refractivity contribution >= 4 is 124 Å². The lowest BCUT2D eigenvalue weighted by Crippen LogP contribution is -2.09. The molecule has 0 aliphatic heterocycles. The number of hydrogen-bond donors (Lipinski definition) is 0. The fourth-order valence-corrected chi connectivity index (χ4v) is 11.1. The van der Waals surface area contributed by atoms with Crippen LogP contribution in [-0.4, -0.2) is 9.97 Å². The van der Waals surface area contributed by atoms with Gasteiger partial charge in [-0.05, 0) is 108 Å². The first kappa shape index (κ1) is 31.0. The van der Waals surface area contributed by atoms with Crippen molar-refractivity contribution < 1.29 is 4.42 Å². The quantitative estimate of drug-likeness (QED) is 0.175. The molecule has 8 aromatic carbocycles. The molecule has 0 aliphatic carbocycles. The first-order valence-electron chi connectivity index (χ1n) is 18.1. The van der Waals surface area contributed by atoms with Gasteiger partial charge in [0.2, 0.25) is 5.89 Å². The number of aromatic nitrogens is 2. The Labute approximate surface area is 326 Å². The summed E-state index contributed by atoms with van der Waals surface area (Å²) in [4.78, 5) is 12.0. The number of thiazole rings is 1. The zero-order valence-corrected chi connectivity index (χ0v) is 31.5. The van der Waals surface area contributed by atoms with Crippen LogP contribution in [0.5, 0.6) is 0 Å². The molecule has 0 amide bonds. The molecule has 55 heavy (non-hydrogen) atoms. The van der Waals surface area contributed by atoms with Crippen molar-refractivity contribution in [3.05, 3.63) is 164 Å². The minimum atomic E-state index is 0.658. The highest BCUT2D eigenvalue weighted by Crippen LogP contribution is 2.45. The number of fused-ring (bicyclic) bond motifs is 9. The van der Waals surface area contributed by atoms with E-state index in [0.29, 0.717) is 5.89 Å². The molecule has 4 nitrogen and oxygen atoms in total. The maximum Gasteiger partial charge on any atom is 0.227 e. The lowest BCUT2D eigenvalue weighted by molar-refractivity contribution is 0.620. The molecule has 7 heteroatoms. The molecule has 0 radical (unpaired) electrons. The van der Waals surface area contributed by atoms with Crippen LogP contribution in [0.2, 0.25) is 0 Å². The Morgan fingerprint density at radius 2 is 1.02 bits per heavy atom. The minimum Gasteiger partial charge on any atom is -0.436 e.